The Balaban J connectivity index is 2.14. The van der Waals surface area contributed by atoms with Crippen LogP contribution in [0.4, 0.5) is 14.5 Å². The maximum absolute atomic E-state index is 13.5. The maximum atomic E-state index is 13.5. The normalized spacial score (nSPS) is 23.1. The predicted molar refractivity (Wildman–Crippen MR) is 68.2 cm³/mol. The third-order valence-electron chi connectivity index (χ3n) is 3.12. The molecule has 1 fully saturated rings. The second-order valence-corrected chi connectivity index (χ2v) is 5.33. The summed E-state index contributed by atoms with van der Waals surface area (Å²) in [6, 6.07) is 1.98. The van der Waals surface area contributed by atoms with Crippen LogP contribution in [-0.4, -0.2) is 19.0 Å². The lowest BCUT2D eigenvalue weighted by Crippen LogP contribution is -2.28. The van der Waals surface area contributed by atoms with Crippen molar-refractivity contribution >= 4 is 27.5 Å². The molecule has 1 heterocycles. The SMILES string of the molecule is C[C@@H]1CNC[C@H]1C(=O)Nc1cc(F)c(Br)cc1F. The summed E-state index contributed by atoms with van der Waals surface area (Å²) in [7, 11) is 0. The summed E-state index contributed by atoms with van der Waals surface area (Å²) in [5, 5.41) is 5.52. The molecule has 3 nitrogen and oxygen atoms in total. The number of halogens is 3. The Labute approximate surface area is 112 Å². The fraction of sp³-hybridized carbons (Fsp3) is 0.417. The molecule has 18 heavy (non-hydrogen) atoms. The largest absolute Gasteiger partial charge is 0.323 e. The molecule has 0 aromatic heterocycles. The standard InChI is InChI=1S/C12H13BrF2N2O/c1-6-4-16-5-7(6)12(18)17-11-3-9(14)8(13)2-10(11)15/h2-3,6-7,16H,4-5H2,1H3,(H,17,18)/t6-,7-/m1/s1. The van der Waals surface area contributed by atoms with Gasteiger partial charge < -0.3 is 10.6 Å². The monoisotopic (exact) mass is 318 g/mol. The summed E-state index contributed by atoms with van der Waals surface area (Å²) >= 11 is 2.88. The fourth-order valence-electron chi connectivity index (χ4n) is 2.00. The third kappa shape index (κ3) is 2.70. The molecule has 1 aliphatic rings. The fourth-order valence-corrected chi connectivity index (χ4v) is 2.32. The van der Waals surface area contributed by atoms with Gasteiger partial charge in [0.15, 0.2) is 0 Å². The number of nitrogens with one attached hydrogen (secondary N) is 2. The van der Waals surface area contributed by atoms with Gasteiger partial charge in [-0.3, -0.25) is 4.79 Å². The van der Waals surface area contributed by atoms with Crippen molar-refractivity contribution < 1.29 is 13.6 Å². The van der Waals surface area contributed by atoms with E-state index in [9.17, 15) is 13.6 Å². The summed E-state index contributed by atoms with van der Waals surface area (Å²) in [6.07, 6.45) is 0. The lowest BCUT2D eigenvalue weighted by molar-refractivity contribution is -0.120. The number of hydrogen-bond acceptors (Lipinski definition) is 2. The van der Waals surface area contributed by atoms with Gasteiger partial charge in [0.2, 0.25) is 5.91 Å². The average Bonchev–Trinajstić information content (AvgIpc) is 2.72. The summed E-state index contributed by atoms with van der Waals surface area (Å²) in [5.41, 5.74) is -0.125. The van der Waals surface area contributed by atoms with Gasteiger partial charge in [-0.25, -0.2) is 8.78 Å². The van der Waals surface area contributed by atoms with Crippen LogP contribution in [0, 0.1) is 23.5 Å². The van der Waals surface area contributed by atoms with E-state index in [4.69, 9.17) is 0 Å². The first-order chi connectivity index (χ1) is 8.49. The molecule has 1 amide bonds. The Morgan fingerprint density at radius 1 is 1.39 bits per heavy atom. The van der Waals surface area contributed by atoms with Gasteiger partial charge in [-0.05, 0) is 34.5 Å². The lowest BCUT2D eigenvalue weighted by atomic mass is 9.97. The minimum absolute atomic E-state index is 0.0360. The Bertz CT molecular complexity index is 481. The van der Waals surface area contributed by atoms with Gasteiger partial charge in [-0.1, -0.05) is 6.92 Å². The highest BCUT2D eigenvalue weighted by Gasteiger charge is 2.30. The molecule has 1 aliphatic heterocycles. The van der Waals surface area contributed by atoms with E-state index in [0.29, 0.717) is 6.54 Å². The molecule has 2 atom stereocenters. The van der Waals surface area contributed by atoms with Crippen LogP contribution in [-0.2, 0) is 4.79 Å². The van der Waals surface area contributed by atoms with Gasteiger partial charge in [-0.2, -0.15) is 0 Å². The maximum Gasteiger partial charge on any atom is 0.229 e. The van der Waals surface area contributed by atoms with Crippen molar-refractivity contribution in [2.24, 2.45) is 11.8 Å². The van der Waals surface area contributed by atoms with Crippen LogP contribution in [0.2, 0.25) is 0 Å². The minimum atomic E-state index is -0.657. The number of carbonyl (C=O) groups excluding carboxylic acids is 1. The predicted octanol–water partition coefficient (Wildman–Crippen LogP) is 2.52. The van der Waals surface area contributed by atoms with E-state index in [1.165, 1.54) is 0 Å². The molecule has 2 N–H and O–H groups in total. The third-order valence-corrected chi connectivity index (χ3v) is 3.73. The highest BCUT2D eigenvalue weighted by molar-refractivity contribution is 9.10. The zero-order valence-electron chi connectivity index (χ0n) is 9.77. The van der Waals surface area contributed by atoms with Crippen LogP contribution in [0.25, 0.3) is 0 Å². The summed E-state index contributed by atoms with van der Waals surface area (Å²) in [6.45, 7) is 3.27. The molecule has 0 bridgehead atoms. The molecule has 98 valence electrons. The molecule has 0 unspecified atom stereocenters. The molecule has 0 aliphatic carbocycles. The molecule has 1 aromatic carbocycles. The summed E-state index contributed by atoms with van der Waals surface area (Å²) in [5.74, 6) is -1.57. The van der Waals surface area contributed by atoms with Crippen LogP contribution in [0.1, 0.15) is 6.92 Å². The second kappa shape index (κ2) is 5.32. The zero-order valence-corrected chi connectivity index (χ0v) is 11.4. The van der Waals surface area contributed by atoms with Gasteiger partial charge in [0.05, 0.1) is 16.1 Å². The van der Waals surface area contributed by atoms with Crippen LogP contribution >= 0.6 is 15.9 Å². The number of benzene rings is 1. The highest BCUT2D eigenvalue weighted by Crippen LogP contribution is 2.25. The van der Waals surface area contributed by atoms with Crippen molar-refractivity contribution in [3.63, 3.8) is 0 Å². The molecule has 2 rings (SSSR count). The quantitative estimate of drug-likeness (QED) is 0.823. The Morgan fingerprint density at radius 3 is 2.72 bits per heavy atom. The second-order valence-electron chi connectivity index (χ2n) is 4.48. The first-order valence-corrected chi connectivity index (χ1v) is 6.44. The van der Waals surface area contributed by atoms with Crippen molar-refractivity contribution in [2.45, 2.75) is 6.92 Å². The van der Waals surface area contributed by atoms with E-state index >= 15 is 0 Å². The molecule has 0 saturated carbocycles. The highest BCUT2D eigenvalue weighted by atomic mass is 79.9. The van der Waals surface area contributed by atoms with Crippen LogP contribution in [0.3, 0.4) is 0 Å². The molecular weight excluding hydrogens is 306 g/mol. The van der Waals surface area contributed by atoms with Crippen molar-refractivity contribution in [3.05, 3.63) is 28.2 Å². The number of anilines is 1. The van der Waals surface area contributed by atoms with Crippen molar-refractivity contribution in [1.29, 1.82) is 0 Å². The number of rotatable bonds is 2. The van der Waals surface area contributed by atoms with Gasteiger partial charge in [-0.15, -0.1) is 0 Å². The van der Waals surface area contributed by atoms with Crippen molar-refractivity contribution in [2.75, 3.05) is 18.4 Å². The topological polar surface area (TPSA) is 41.1 Å². The van der Waals surface area contributed by atoms with Gasteiger partial charge in [0.25, 0.3) is 0 Å². The van der Waals surface area contributed by atoms with Gasteiger partial charge in [0, 0.05) is 12.6 Å². The Hall–Kier alpha value is -1.01. The minimum Gasteiger partial charge on any atom is -0.323 e. The first kappa shape index (κ1) is 13.4. The molecule has 6 heteroatoms. The molecule has 1 aromatic rings. The molecule has 0 radical (unpaired) electrons. The van der Waals surface area contributed by atoms with E-state index in [2.05, 4.69) is 26.6 Å². The smallest absolute Gasteiger partial charge is 0.229 e. The number of amides is 1. The van der Waals surface area contributed by atoms with E-state index in [0.717, 1.165) is 18.7 Å². The van der Waals surface area contributed by atoms with Gasteiger partial charge >= 0.3 is 0 Å². The van der Waals surface area contributed by atoms with E-state index in [1.54, 1.807) is 0 Å². The van der Waals surface area contributed by atoms with Gasteiger partial charge in [0.1, 0.15) is 11.6 Å². The average molecular weight is 319 g/mol. The van der Waals surface area contributed by atoms with E-state index in [1.807, 2.05) is 6.92 Å². The first-order valence-electron chi connectivity index (χ1n) is 5.65. The van der Waals surface area contributed by atoms with E-state index in [-0.39, 0.29) is 27.9 Å². The van der Waals surface area contributed by atoms with Crippen molar-refractivity contribution in [3.8, 4) is 0 Å². The number of hydrogen-bond donors (Lipinski definition) is 2. The van der Waals surface area contributed by atoms with Crippen LogP contribution in [0.15, 0.2) is 16.6 Å². The summed E-state index contributed by atoms with van der Waals surface area (Å²) in [4.78, 5) is 11.9. The lowest BCUT2D eigenvalue weighted by Gasteiger charge is -2.14. The van der Waals surface area contributed by atoms with E-state index < -0.39 is 11.6 Å². The zero-order chi connectivity index (χ0) is 13.3. The Kier molecular flexibility index (Phi) is 3.97. The number of carbonyl (C=O) groups is 1. The molecule has 0 spiro atoms. The Morgan fingerprint density at radius 2 is 2.11 bits per heavy atom. The molecular formula is C12H13BrF2N2O. The van der Waals surface area contributed by atoms with Crippen molar-refractivity contribution in [1.82, 2.24) is 5.32 Å². The summed E-state index contributed by atoms with van der Waals surface area (Å²) < 4.78 is 26.9. The van der Waals surface area contributed by atoms with Crippen LogP contribution in [0.5, 0.6) is 0 Å². The van der Waals surface area contributed by atoms with Crippen LogP contribution < -0.4 is 10.6 Å². The molecule has 1 saturated heterocycles.